The van der Waals surface area contributed by atoms with Gasteiger partial charge in [-0.3, -0.25) is 0 Å². The summed E-state index contributed by atoms with van der Waals surface area (Å²) < 4.78 is 4.79. The van der Waals surface area contributed by atoms with Crippen molar-refractivity contribution in [1.29, 1.82) is 0 Å². The number of hydrogen-bond donors (Lipinski definition) is 0. The van der Waals surface area contributed by atoms with Gasteiger partial charge in [0.25, 0.3) is 6.20 Å². The van der Waals surface area contributed by atoms with E-state index in [2.05, 4.69) is 5.27 Å². The Hall–Kier alpha value is -1.84. The molecule has 0 aliphatic rings. The molecule has 0 aliphatic heterocycles. The molecule has 0 saturated carbocycles. The third kappa shape index (κ3) is 2.10. The minimum atomic E-state index is 0.431. The van der Waals surface area contributed by atoms with Crippen LogP contribution in [0.5, 0.6) is 0 Å². The average Bonchev–Trinajstić information content (AvgIpc) is 2.63. The number of aromatic nitrogens is 2. The Bertz CT molecular complexity index is 398. The van der Waals surface area contributed by atoms with Gasteiger partial charge in [0.15, 0.2) is 0 Å². The second kappa shape index (κ2) is 3.91. The predicted octanol–water partition coefficient (Wildman–Crippen LogP) is 1.09. The van der Waals surface area contributed by atoms with Crippen molar-refractivity contribution in [2.24, 2.45) is 0 Å². The zero-order chi connectivity index (χ0) is 9.80. The number of hydrogen-bond acceptors (Lipinski definition) is 3. The number of aryl methyl sites for hydroxylation is 2. The molecule has 4 nitrogen and oxygen atoms in total. The normalized spacial score (nSPS) is 10.3. The van der Waals surface area contributed by atoms with Crippen LogP contribution in [0, 0.1) is 5.21 Å². The zero-order valence-electron chi connectivity index (χ0n) is 7.59. The maximum absolute atomic E-state index is 10.6. The lowest BCUT2D eigenvalue weighted by Crippen LogP contribution is -2.25. The average molecular weight is 190 g/mol. The minimum Gasteiger partial charge on any atom is -0.592 e. The molecular formula is C10H10N2O2. The second-order valence-electron chi connectivity index (χ2n) is 3.06. The van der Waals surface area contributed by atoms with Gasteiger partial charge in [-0.25, -0.2) is 0 Å². The Morgan fingerprint density at radius 3 is 2.64 bits per heavy atom. The van der Waals surface area contributed by atoms with Crippen LogP contribution in [-0.4, -0.2) is 5.27 Å². The SMILES string of the molecule is [O-][n+]1cc(CCc2ccccc2)on1. The van der Waals surface area contributed by atoms with E-state index in [0.29, 0.717) is 17.0 Å². The highest BCUT2D eigenvalue weighted by atomic mass is 16.6. The first-order valence-electron chi connectivity index (χ1n) is 4.43. The van der Waals surface area contributed by atoms with Gasteiger partial charge in [-0.2, -0.15) is 0 Å². The van der Waals surface area contributed by atoms with E-state index in [9.17, 15) is 5.21 Å². The molecule has 0 N–H and O–H groups in total. The standard InChI is InChI=1S/C10H10N2O2/c13-12-8-10(14-11-12)7-6-9-4-2-1-3-5-9/h1-5,8H,6-7H2. The van der Waals surface area contributed by atoms with Crippen LogP contribution < -0.4 is 4.85 Å². The molecule has 0 unspecified atom stereocenters. The summed E-state index contributed by atoms with van der Waals surface area (Å²) in [7, 11) is 0. The molecule has 0 spiro atoms. The molecule has 0 atom stereocenters. The Balaban J connectivity index is 1.95. The molecule has 72 valence electrons. The van der Waals surface area contributed by atoms with Gasteiger partial charge in [0, 0.05) is 6.42 Å². The monoisotopic (exact) mass is 190 g/mol. The lowest BCUT2D eigenvalue weighted by atomic mass is 10.1. The van der Waals surface area contributed by atoms with Gasteiger partial charge < -0.3 is 9.73 Å². The van der Waals surface area contributed by atoms with Crippen LogP contribution >= 0.6 is 0 Å². The fourth-order valence-corrected chi connectivity index (χ4v) is 1.29. The number of rotatable bonds is 3. The maximum Gasteiger partial charge on any atom is 0.254 e. The van der Waals surface area contributed by atoms with E-state index < -0.39 is 0 Å². The van der Waals surface area contributed by atoms with Crippen molar-refractivity contribution in [2.75, 3.05) is 0 Å². The molecule has 2 aromatic rings. The Morgan fingerprint density at radius 2 is 2.00 bits per heavy atom. The third-order valence-corrected chi connectivity index (χ3v) is 2.00. The van der Waals surface area contributed by atoms with Crippen LogP contribution in [0.3, 0.4) is 0 Å². The van der Waals surface area contributed by atoms with E-state index in [0.717, 1.165) is 6.42 Å². The molecule has 0 bridgehead atoms. The van der Waals surface area contributed by atoms with Gasteiger partial charge in [-0.05, 0) is 16.8 Å². The van der Waals surface area contributed by atoms with E-state index in [4.69, 9.17) is 4.52 Å². The van der Waals surface area contributed by atoms with Gasteiger partial charge in [-0.1, -0.05) is 30.3 Å². The highest BCUT2D eigenvalue weighted by Crippen LogP contribution is 2.04. The molecule has 1 heterocycles. The Morgan fingerprint density at radius 1 is 1.21 bits per heavy atom. The van der Waals surface area contributed by atoms with Crippen LogP contribution in [-0.2, 0) is 12.8 Å². The van der Waals surface area contributed by atoms with Gasteiger partial charge in [0.1, 0.15) is 0 Å². The largest absolute Gasteiger partial charge is 0.592 e. The molecule has 0 radical (unpaired) electrons. The number of benzene rings is 1. The quantitative estimate of drug-likeness (QED) is 0.537. The van der Waals surface area contributed by atoms with Gasteiger partial charge in [0.2, 0.25) is 11.0 Å². The van der Waals surface area contributed by atoms with E-state index in [-0.39, 0.29) is 0 Å². The van der Waals surface area contributed by atoms with Crippen LogP contribution in [0.1, 0.15) is 11.3 Å². The lowest BCUT2D eigenvalue weighted by Gasteiger charge is -1.95. The third-order valence-electron chi connectivity index (χ3n) is 2.00. The Kier molecular flexibility index (Phi) is 2.44. The summed E-state index contributed by atoms with van der Waals surface area (Å²) >= 11 is 0. The molecular weight excluding hydrogens is 180 g/mol. The Labute approximate surface area is 81.3 Å². The van der Waals surface area contributed by atoms with E-state index in [1.54, 1.807) is 0 Å². The van der Waals surface area contributed by atoms with Crippen molar-refractivity contribution >= 4 is 0 Å². The molecule has 0 aliphatic carbocycles. The summed E-state index contributed by atoms with van der Waals surface area (Å²) in [4.78, 5) is 0.431. The first kappa shape index (κ1) is 8.74. The van der Waals surface area contributed by atoms with Crippen LogP contribution in [0.2, 0.25) is 0 Å². The van der Waals surface area contributed by atoms with Crippen molar-refractivity contribution in [3.8, 4) is 0 Å². The summed E-state index contributed by atoms with van der Waals surface area (Å²) in [6.07, 6.45) is 2.91. The molecule has 0 amide bonds. The van der Waals surface area contributed by atoms with E-state index >= 15 is 0 Å². The topological polar surface area (TPSA) is 53.0 Å². The van der Waals surface area contributed by atoms with Crippen molar-refractivity contribution in [2.45, 2.75) is 12.8 Å². The summed E-state index contributed by atoms with van der Waals surface area (Å²) in [6, 6.07) is 10.0. The molecule has 1 aromatic carbocycles. The van der Waals surface area contributed by atoms with Crippen LogP contribution in [0.15, 0.2) is 41.1 Å². The fraction of sp³-hybridized carbons (Fsp3) is 0.200. The summed E-state index contributed by atoms with van der Waals surface area (Å²) in [5, 5.41) is 13.8. The van der Waals surface area contributed by atoms with Gasteiger partial charge in [0.05, 0.1) is 0 Å². The predicted molar refractivity (Wildman–Crippen MR) is 49.3 cm³/mol. The molecule has 2 rings (SSSR count). The van der Waals surface area contributed by atoms with Gasteiger partial charge in [-0.15, -0.1) is 0 Å². The number of nitrogens with zero attached hydrogens (tertiary/aromatic N) is 2. The van der Waals surface area contributed by atoms with Crippen molar-refractivity contribution in [1.82, 2.24) is 5.27 Å². The molecule has 1 aromatic heterocycles. The van der Waals surface area contributed by atoms with Gasteiger partial charge >= 0.3 is 0 Å². The van der Waals surface area contributed by atoms with Crippen LogP contribution in [0.4, 0.5) is 0 Å². The van der Waals surface area contributed by atoms with Crippen molar-refractivity contribution in [3.05, 3.63) is 53.1 Å². The smallest absolute Gasteiger partial charge is 0.254 e. The second-order valence-corrected chi connectivity index (χ2v) is 3.06. The molecule has 0 saturated heterocycles. The first-order chi connectivity index (χ1) is 6.84. The molecule has 14 heavy (non-hydrogen) atoms. The van der Waals surface area contributed by atoms with Crippen molar-refractivity contribution < 1.29 is 9.37 Å². The van der Waals surface area contributed by atoms with Crippen LogP contribution in [0.25, 0.3) is 0 Å². The summed E-state index contributed by atoms with van der Waals surface area (Å²) in [5.41, 5.74) is 1.22. The zero-order valence-corrected chi connectivity index (χ0v) is 7.59. The first-order valence-corrected chi connectivity index (χ1v) is 4.43. The summed E-state index contributed by atoms with van der Waals surface area (Å²) in [5.74, 6) is 0.615. The molecule has 0 fully saturated rings. The van der Waals surface area contributed by atoms with E-state index in [1.165, 1.54) is 11.8 Å². The lowest BCUT2D eigenvalue weighted by molar-refractivity contribution is -0.679. The fourth-order valence-electron chi connectivity index (χ4n) is 1.29. The highest BCUT2D eigenvalue weighted by molar-refractivity contribution is 5.15. The summed E-state index contributed by atoms with van der Waals surface area (Å²) in [6.45, 7) is 0. The highest BCUT2D eigenvalue weighted by Gasteiger charge is 2.05. The maximum atomic E-state index is 10.6. The molecule has 4 heteroatoms. The van der Waals surface area contributed by atoms with E-state index in [1.807, 2.05) is 30.3 Å². The van der Waals surface area contributed by atoms with Crippen molar-refractivity contribution in [3.63, 3.8) is 0 Å². The minimum absolute atomic E-state index is 0.431.